The zero-order chi connectivity index (χ0) is 15.2. The van der Waals surface area contributed by atoms with Gasteiger partial charge in [-0.3, -0.25) is 4.79 Å². The standard InChI is InChI=1S/C16H24N2O3/c1-12-11-13(3-4-15(12)17-2)16(20)18-7-5-14(6-8-18)21-10-9-19/h3-4,11,14,17,19H,5-10H2,1-2H3. The molecule has 0 unspecified atom stereocenters. The Morgan fingerprint density at radius 1 is 1.43 bits per heavy atom. The molecule has 2 rings (SSSR count). The van der Waals surface area contributed by atoms with Gasteiger partial charge in [0.15, 0.2) is 0 Å². The summed E-state index contributed by atoms with van der Waals surface area (Å²) in [5.74, 6) is 0.0846. The number of hydrogen-bond acceptors (Lipinski definition) is 4. The molecule has 0 radical (unpaired) electrons. The number of likely N-dealkylation sites (tertiary alicyclic amines) is 1. The fourth-order valence-electron chi connectivity index (χ4n) is 2.70. The van der Waals surface area contributed by atoms with E-state index in [2.05, 4.69) is 5.32 Å². The van der Waals surface area contributed by atoms with E-state index in [1.54, 1.807) is 0 Å². The van der Waals surface area contributed by atoms with Crippen molar-refractivity contribution in [2.24, 2.45) is 0 Å². The van der Waals surface area contributed by atoms with Crippen LogP contribution in [0.4, 0.5) is 5.69 Å². The van der Waals surface area contributed by atoms with Crippen LogP contribution in [-0.4, -0.2) is 55.4 Å². The number of aliphatic hydroxyl groups is 1. The summed E-state index contributed by atoms with van der Waals surface area (Å²) in [6, 6.07) is 5.75. The second-order valence-corrected chi connectivity index (χ2v) is 5.37. The summed E-state index contributed by atoms with van der Waals surface area (Å²) in [5.41, 5.74) is 2.86. The zero-order valence-corrected chi connectivity index (χ0v) is 12.8. The van der Waals surface area contributed by atoms with Gasteiger partial charge < -0.3 is 20.1 Å². The average molecular weight is 292 g/mol. The molecule has 1 heterocycles. The third-order valence-corrected chi connectivity index (χ3v) is 3.92. The molecule has 5 heteroatoms. The molecule has 0 aromatic heterocycles. The predicted octanol–water partition coefficient (Wildman–Crippen LogP) is 1.65. The van der Waals surface area contributed by atoms with Gasteiger partial charge in [0.25, 0.3) is 5.91 Å². The number of hydrogen-bond donors (Lipinski definition) is 2. The van der Waals surface area contributed by atoms with E-state index in [1.165, 1.54) is 0 Å². The number of benzene rings is 1. The van der Waals surface area contributed by atoms with Crippen LogP contribution in [0.1, 0.15) is 28.8 Å². The molecule has 1 amide bonds. The van der Waals surface area contributed by atoms with E-state index >= 15 is 0 Å². The number of nitrogens with one attached hydrogen (secondary N) is 1. The maximum absolute atomic E-state index is 12.5. The first-order valence-corrected chi connectivity index (χ1v) is 7.46. The number of rotatable bonds is 5. The minimum Gasteiger partial charge on any atom is -0.394 e. The molecule has 1 aliphatic heterocycles. The molecule has 21 heavy (non-hydrogen) atoms. The summed E-state index contributed by atoms with van der Waals surface area (Å²) in [5, 5.41) is 11.9. The van der Waals surface area contributed by atoms with Crippen LogP contribution in [0.2, 0.25) is 0 Å². The third-order valence-electron chi connectivity index (χ3n) is 3.92. The van der Waals surface area contributed by atoms with E-state index in [-0.39, 0.29) is 18.6 Å². The van der Waals surface area contributed by atoms with Crippen molar-refractivity contribution in [3.05, 3.63) is 29.3 Å². The maximum atomic E-state index is 12.5. The highest BCUT2D eigenvalue weighted by atomic mass is 16.5. The predicted molar refractivity (Wildman–Crippen MR) is 82.7 cm³/mol. The summed E-state index contributed by atoms with van der Waals surface area (Å²) < 4.78 is 5.52. The fourth-order valence-corrected chi connectivity index (χ4v) is 2.70. The first kappa shape index (κ1) is 15.8. The van der Waals surface area contributed by atoms with E-state index in [0.717, 1.165) is 29.7 Å². The summed E-state index contributed by atoms with van der Waals surface area (Å²) >= 11 is 0. The largest absolute Gasteiger partial charge is 0.394 e. The van der Waals surface area contributed by atoms with Crippen molar-refractivity contribution < 1.29 is 14.6 Å². The van der Waals surface area contributed by atoms with Crippen LogP contribution in [0.3, 0.4) is 0 Å². The lowest BCUT2D eigenvalue weighted by atomic mass is 10.0. The molecule has 1 aromatic carbocycles. The van der Waals surface area contributed by atoms with Crippen molar-refractivity contribution in [3.8, 4) is 0 Å². The number of aliphatic hydroxyl groups excluding tert-OH is 1. The SMILES string of the molecule is CNc1ccc(C(=O)N2CCC(OCCO)CC2)cc1C. The lowest BCUT2D eigenvalue weighted by molar-refractivity contribution is -0.00554. The summed E-state index contributed by atoms with van der Waals surface area (Å²) in [6.07, 6.45) is 1.83. The molecule has 2 N–H and O–H groups in total. The van der Waals surface area contributed by atoms with Crippen molar-refractivity contribution in [1.82, 2.24) is 4.90 Å². The van der Waals surface area contributed by atoms with Gasteiger partial charge in [0, 0.05) is 31.4 Å². The molecule has 1 fully saturated rings. The highest BCUT2D eigenvalue weighted by Crippen LogP contribution is 2.20. The van der Waals surface area contributed by atoms with Crippen molar-refractivity contribution in [2.45, 2.75) is 25.9 Å². The van der Waals surface area contributed by atoms with E-state index in [9.17, 15) is 4.79 Å². The van der Waals surface area contributed by atoms with Crippen molar-refractivity contribution in [3.63, 3.8) is 0 Å². The van der Waals surface area contributed by atoms with Crippen LogP contribution in [0.15, 0.2) is 18.2 Å². The molecular formula is C16H24N2O3. The minimum atomic E-state index is 0.0518. The van der Waals surface area contributed by atoms with Gasteiger partial charge in [0.05, 0.1) is 19.3 Å². The Hall–Kier alpha value is -1.59. The molecule has 5 nitrogen and oxygen atoms in total. The number of nitrogens with zero attached hydrogens (tertiary/aromatic N) is 1. The van der Waals surface area contributed by atoms with E-state index in [0.29, 0.717) is 19.7 Å². The van der Waals surface area contributed by atoms with Crippen LogP contribution in [0, 0.1) is 6.92 Å². The highest BCUT2D eigenvalue weighted by Gasteiger charge is 2.24. The van der Waals surface area contributed by atoms with E-state index in [1.807, 2.05) is 37.1 Å². The quantitative estimate of drug-likeness (QED) is 0.866. The number of carbonyl (C=O) groups is 1. The Morgan fingerprint density at radius 2 is 2.14 bits per heavy atom. The Morgan fingerprint density at radius 3 is 2.71 bits per heavy atom. The van der Waals surface area contributed by atoms with Crippen molar-refractivity contribution in [1.29, 1.82) is 0 Å². The van der Waals surface area contributed by atoms with E-state index < -0.39 is 0 Å². The van der Waals surface area contributed by atoms with Crippen LogP contribution in [0.25, 0.3) is 0 Å². The Labute approximate surface area is 125 Å². The van der Waals surface area contributed by atoms with Crippen LogP contribution < -0.4 is 5.32 Å². The number of piperidine rings is 1. The monoisotopic (exact) mass is 292 g/mol. The molecule has 1 saturated heterocycles. The van der Waals surface area contributed by atoms with Gasteiger partial charge in [-0.2, -0.15) is 0 Å². The Bertz CT molecular complexity index is 482. The first-order valence-electron chi connectivity index (χ1n) is 7.46. The van der Waals surface area contributed by atoms with Gasteiger partial charge in [-0.1, -0.05) is 0 Å². The summed E-state index contributed by atoms with van der Waals surface area (Å²) in [4.78, 5) is 14.4. The molecular weight excluding hydrogens is 268 g/mol. The molecule has 1 aliphatic rings. The van der Waals surface area contributed by atoms with Gasteiger partial charge in [-0.05, 0) is 43.5 Å². The van der Waals surface area contributed by atoms with Crippen LogP contribution in [-0.2, 0) is 4.74 Å². The number of amides is 1. The van der Waals surface area contributed by atoms with E-state index in [4.69, 9.17) is 9.84 Å². The third kappa shape index (κ3) is 3.95. The van der Waals surface area contributed by atoms with Crippen LogP contribution in [0.5, 0.6) is 0 Å². The second-order valence-electron chi connectivity index (χ2n) is 5.37. The fraction of sp³-hybridized carbons (Fsp3) is 0.562. The van der Waals surface area contributed by atoms with Crippen LogP contribution >= 0.6 is 0 Å². The number of ether oxygens (including phenoxy) is 1. The molecule has 0 spiro atoms. The summed E-state index contributed by atoms with van der Waals surface area (Å²) in [7, 11) is 1.88. The first-order chi connectivity index (χ1) is 10.2. The van der Waals surface area contributed by atoms with Gasteiger partial charge in [0.1, 0.15) is 0 Å². The lowest BCUT2D eigenvalue weighted by Gasteiger charge is -2.32. The molecule has 0 saturated carbocycles. The Kier molecular flexibility index (Phi) is 5.59. The minimum absolute atomic E-state index is 0.0518. The number of anilines is 1. The number of carbonyl (C=O) groups excluding carboxylic acids is 1. The smallest absolute Gasteiger partial charge is 0.253 e. The number of aryl methyl sites for hydroxylation is 1. The maximum Gasteiger partial charge on any atom is 0.253 e. The molecule has 1 aromatic rings. The van der Waals surface area contributed by atoms with Crippen molar-refractivity contribution in [2.75, 3.05) is 38.7 Å². The molecule has 0 aliphatic carbocycles. The average Bonchev–Trinajstić information content (AvgIpc) is 2.52. The summed E-state index contributed by atoms with van der Waals surface area (Å²) in [6.45, 7) is 3.85. The molecule has 0 bridgehead atoms. The van der Waals surface area contributed by atoms with Crippen molar-refractivity contribution >= 4 is 11.6 Å². The van der Waals surface area contributed by atoms with Gasteiger partial charge in [-0.25, -0.2) is 0 Å². The Balaban J connectivity index is 1.94. The normalized spacial score (nSPS) is 16.0. The van der Waals surface area contributed by atoms with Gasteiger partial charge >= 0.3 is 0 Å². The molecule has 116 valence electrons. The second kappa shape index (κ2) is 7.43. The highest BCUT2D eigenvalue weighted by molar-refractivity contribution is 5.95. The lowest BCUT2D eigenvalue weighted by Crippen LogP contribution is -2.41. The van der Waals surface area contributed by atoms with Gasteiger partial charge in [-0.15, -0.1) is 0 Å². The van der Waals surface area contributed by atoms with Gasteiger partial charge in [0.2, 0.25) is 0 Å². The molecule has 0 atom stereocenters. The zero-order valence-electron chi connectivity index (χ0n) is 12.8. The topological polar surface area (TPSA) is 61.8 Å².